The van der Waals surface area contributed by atoms with Gasteiger partial charge in [-0.2, -0.15) is 0 Å². The van der Waals surface area contributed by atoms with Gasteiger partial charge in [0.1, 0.15) is 0 Å². The highest BCUT2D eigenvalue weighted by atomic mass is 19.2. The van der Waals surface area contributed by atoms with E-state index < -0.39 is 17.5 Å². The molecular weight excluding hydrogens is 392 g/mol. The Labute approximate surface area is 171 Å². The number of methoxy groups -OCH3 is 1. The number of pyridine rings is 1. The monoisotopic (exact) mass is 411 g/mol. The molecule has 2 heterocycles. The SMILES string of the molecule is COC(=O)CN1CCc2nc3ccccc3c(C(=O)Nc3ccc(F)c(F)c3)c2C1. The Morgan fingerprint density at radius 2 is 1.97 bits per heavy atom. The normalized spacial score (nSPS) is 13.7. The van der Waals surface area contributed by atoms with Gasteiger partial charge in [-0.25, -0.2) is 8.78 Å². The first-order chi connectivity index (χ1) is 14.5. The molecule has 0 atom stereocenters. The van der Waals surface area contributed by atoms with Crippen molar-refractivity contribution in [2.75, 3.05) is 25.5 Å². The number of fused-ring (bicyclic) bond motifs is 2. The summed E-state index contributed by atoms with van der Waals surface area (Å²) in [6.45, 7) is 1.06. The number of nitrogens with one attached hydrogen (secondary N) is 1. The topological polar surface area (TPSA) is 71.5 Å². The average molecular weight is 411 g/mol. The third-order valence-electron chi connectivity index (χ3n) is 5.11. The third kappa shape index (κ3) is 3.86. The van der Waals surface area contributed by atoms with Gasteiger partial charge in [-0.15, -0.1) is 0 Å². The van der Waals surface area contributed by atoms with Crippen molar-refractivity contribution in [2.45, 2.75) is 13.0 Å². The molecule has 2 aromatic carbocycles. The van der Waals surface area contributed by atoms with E-state index in [9.17, 15) is 18.4 Å². The molecule has 8 heteroatoms. The summed E-state index contributed by atoms with van der Waals surface area (Å²) in [4.78, 5) is 31.5. The fourth-order valence-corrected chi connectivity index (χ4v) is 3.65. The number of esters is 1. The quantitative estimate of drug-likeness (QED) is 0.667. The first-order valence-electron chi connectivity index (χ1n) is 9.42. The molecule has 30 heavy (non-hydrogen) atoms. The molecule has 1 aliphatic rings. The van der Waals surface area contributed by atoms with Crippen LogP contribution in [0.15, 0.2) is 42.5 Å². The Kier molecular flexibility index (Phi) is 5.41. The Hall–Kier alpha value is -3.39. The molecule has 1 aromatic heterocycles. The first kappa shape index (κ1) is 19.9. The van der Waals surface area contributed by atoms with Gasteiger partial charge in [-0.05, 0) is 18.2 Å². The number of nitrogens with zero attached hydrogens (tertiary/aromatic N) is 2. The van der Waals surface area contributed by atoms with E-state index in [4.69, 9.17) is 9.72 Å². The summed E-state index contributed by atoms with van der Waals surface area (Å²) in [6.07, 6.45) is 0.572. The van der Waals surface area contributed by atoms with Crippen LogP contribution >= 0.6 is 0 Å². The van der Waals surface area contributed by atoms with Crippen LogP contribution in [0.4, 0.5) is 14.5 Å². The molecule has 154 valence electrons. The summed E-state index contributed by atoms with van der Waals surface area (Å²) in [6, 6.07) is 10.5. The zero-order valence-corrected chi connectivity index (χ0v) is 16.2. The minimum Gasteiger partial charge on any atom is -0.468 e. The van der Waals surface area contributed by atoms with Gasteiger partial charge < -0.3 is 10.1 Å². The summed E-state index contributed by atoms with van der Waals surface area (Å²) in [5, 5.41) is 3.30. The first-order valence-corrected chi connectivity index (χ1v) is 9.42. The van der Waals surface area contributed by atoms with Crippen molar-refractivity contribution in [1.29, 1.82) is 0 Å². The van der Waals surface area contributed by atoms with Crippen LogP contribution in [-0.2, 0) is 22.5 Å². The number of hydrogen-bond acceptors (Lipinski definition) is 5. The molecule has 0 aliphatic carbocycles. The average Bonchev–Trinajstić information content (AvgIpc) is 2.74. The minimum absolute atomic E-state index is 0.104. The van der Waals surface area contributed by atoms with Crippen molar-refractivity contribution in [3.05, 3.63) is 70.9 Å². The molecule has 0 radical (unpaired) electrons. The maximum absolute atomic E-state index is 13.6. The predicted molar refractivity (Wildman–Crippen MR) is 107 cm³/mol. The van der Waals surface area contributed by atoms with E-state index in [1.165, 1.54) is 13.2 Å². The van der Waals surface area contributed by atoms with Crippen LogP contribution in [0, 0.1) is 11.6 Å². The van der Waals surface area contributed by atoms with E-state index in [0.29, 0.717) is 41.5 Å². The molecule has 0 saturated carbocycles. The van der Waals surface area contributed by atoms with Gasteiger partial charge >= 0.3 is 5.97 Å². The van der Waals surface area contributed by atoms with E-state index >= 15 is 0 Å². The highest BCUT2D eigenvalue weighted by molar-refractivity contribution is 6.13. The fraction of sp³-hybridized carbons (Fsp3) is 0.227. The standard InChI is InChI=1S/C22H19F2N3O3/c1-30-20(28)12-27-9-8-19-15(11-27)21(14-4-2-3-5-18(14)26-19)22(29)25-13-6-7-16(23)17(24)10-13/h2-7,10H,8-9,11-12H2,1H3,(H,25,29). The lowest BCUT2D eigenvalue weighted by atomic mass is 9.95. The van der Waals surface area contributed by atoms with Gasteiger partial charge in [0.2, 0.25) is 0 Å². The molecule has 1 aliphatic heterocycles. The van der Waals surface area contributed by atoms with Crippen molar-refractivity contribution < 1.29 is 23.1 Å². The Morgan fingerprint density at radius 3 is 2.73 bits per heavy atom. The molecule has 0 fully saturated rings. The largest absolute Gasteiger partial charge is 0.468 e. The lowest BCUT2D eigenvalue weighted by Crippen LogP contribution is -2.37. The molecule has 4 rings (SSSR count). The smallest absolute Gasteiger partial charge is 0.319 e. The number of aromatic nitrogens is 1. The fourth-order valence-electron chi connectivity index (χ4n) is 3.65. The van der Waals surface area contributed by atoms with Gasteiger partial charge in [0.05, 0.1) is 24.7 Å². The van der Waals surface area contributed by atoms with Crippen LogP contribution in [0.2, 0.25) is 0 Å². The second kappa shape index (κ2) is 8.16. The summed E-state index contributed by atoms with van der Waals surface area (Å²) in [5.74, 6) is -2.84. The summed E-state index contributed by atoms with van der Waals surface area (Å²) in [7, 11) is 1.33. The summed E-state index contributed by atoms with van der Waals surface area (Å²) < 4.78 is 31.6. The van der Waals surface area contributed by atoms with Crippen LogP contribution in [0.5, 0.6) is 0 Å². The van der Waals surface area contributed by atoms with Gasteiger partial charge in [0, 0.05) is 47.9 Å². The highest BCUT2D eigenvalue weighted by Crippen LogP contribution is 2.29. The zero-order valence-electron chi connectivity index (χ0n) is 16.2. The second-order valence-electron chi connectivity index (χ2n) is 7.05. The molecule has 1 N–H and O–H groups in total. The van der Waals surface area contributed by atoms with Crippen LogP contribution in [-0.4, -0.2) is 42.0 Å². The van der Waals surface area contributed by atoms with Crippen molar-refractivity contribution in [3.63, 3.8) is 0 Å². The number of rotatable bonds is 4. The third-order valence-corrected chi connectivity index (χ3v) is 5.11. The van der Waals surface area contributed by atoms with E-state index in [1.807, 2.05) is 17.0 Å². The molecule has 6 nitrogen and oxygen atoms in total. The number of amides is 1. The van der Waals surface area contributed by atoms with Crippen molar-refractivity contribution in [1.82, 2.24) is 9.88 Å². The number of benzene rings is 2. The predicted octanol–water partition coefficient (Wildman–Crippen LogP) is 3.30. The molecule has 1 amide bonds. The van der Waals surface area contributed by atoms with Gasteiger partial charge in [-0.1, -0.05) is 18.2 Å². The van der Waals surface area contributed by atoms with Crippen molar-refractivity contribution in [3.8, 4) is 0 Å². The zero-order chi connectivity index (χ0) is 21.3. The van der Waals surface area contributed by atoms with E-state index in [0.717, 1.165) is 17.8 Å². The number of ether oxygens (including phenoxy) is 1. The number of carbonyl (C=O) groups excluding carboxylic acids is 2. The van der Waals surface area contributed by atoms with Crippen LogP contribution in [0.1, 0.15) is 21.6 Å². The Balaban J connectivity index is 1.75. The van der Waals surface area contributed by atoms with Crippen molar-refractivity contribution in [2.24, 2.45) is 0 Å². The highest BCUT2D eigenvalue weighted by Gasteiger charge is 2.27. The molecular formula is C22H19F2N3O3. The molecule has 0 spiro atoms. The number of halogens is 2. The van der Waals surface area contributed by atoms with E-state index in [1.54, 1.807) is 12.1 Å². The number of anilines is 1. The Morgan fingerprint density at radius 1 is 1.17 bits per heavy atom. The van der Waals surface area contributed by atoms with Crippen LogP contribution in [0.3, 0.4) is 0 Å². The lowest BCUT2D eigenvalue weighted by molar-refractivity contribution is -0.142. The molecule has 0 bridgehead atoms. The summed E-state index contributed by atoms with van der Waals surface area (Å²) >= 11 is 0. The molecule has 0 unspecified atom stereocenters. The van der Waals surface area contributed by atoms with Crippen LogP contribution < -0.4 is 5.32 Å². The van der Waals surface area contributed by atoms with Crippen molar-refractivity contribution >= 4 is 28.5 Å². The number of carbonyl (C=O) groups is 2. The molecule has 3 aromatic rings. The molecule has 0 saturated heterocycles. The van der Waals surface area contributed by atoms with Gasteiger partial charge in [-0.3, -0.25) is 19.5 Å². The number of para-hydroxylation sites is 1. The maximum atomic E-state index is 13.6. The second-order valence-corrected chi connectivity index (χ2v) is 7.05. The van der Waals surface area contributed by atoms with Crippen LogP contribution in [0.25, 0.3) is 10.9 Å². The van der Waals surface area contributed by atoms with E-state index in [-0.39, 0.29) is 18.2 Å². The summed E-state index contributed by atoms with van der Waals surface area (Å²) in [5.41, 5.74) is 2.73. The van der Waals surface area contributed by atoms with Gasteiger partial charge in [0.25, 0.3) is 5.91 Å². The van der Waals surface area contributed by atoms with E-state index in [2.05, 4.69) is 5.32 Å². The van der Waals surface area contributed by atoms with Gasteiger partial charge in [0.15, 0.2) is 11.6 Å². The lowest BCUT2D eigenvalue weighted by Gasteiger charge is -2.29. The number of hydrogen-bond donors (Lipinski definition) is 1. The Bertz CT molecular complexity index is 1150. The minimum atomic E-state index is -1.04. The maximum Gasteiger partial charge on any atom is 0.319 e.